The van der Waals surface area contributed by atoms with E-state index in [1.165, 1.54) is 6.21 Å². The van der Waals surface area contributed by atoms with Crippen LogP contribution in [0.2, 0.25) is 0 Å². The minimum atomic E-state index is -0.285. The summed E-state index contributed by atoms with van der Waals surface area (Å²) in [6.45, 7) is 5.29. The van der Waals surface area contributed by atoms with Crippen LogP contribution in [-0.2, 0) is 4.74 Å². The summed E-state index contributed by atoms with van der Waals surface area (Å²) >= 11 is 3.47. The number of fused-ring (bicyclic) bond motifs is 1. The maximum atomic E-state index is 12.5. The number of aliphatic imine (C=N–C) groups is 1. The smallest absolute Gasteiger partial charge is 0.263 e. The van der Waals surface area contributed by atoms with E-state index in [0.717, 1.165) is 27.7 Å². The Balaban J connectivity index is 1.65. The summed E-state index contributed by atoms with van der Waals surface area (Å²) in [4.78, 5) is 26.3. The fourth-order valence-electron chi connectivity index (χ4n) is 3.38. The quantitative estimate of drug-likeness (QED) is 0.747. The van der Waals surface area contributed by atoms with Gasteiger partial charge in [-0.25, -0.2) is 0 Å². The molecule has 1 aliphatic heterocycles. The van der Waals surface area contributed by atoms with Crippen LogP contribution in [0.5, 0.6) is 0 Å². The third-order valence-corrected chi connectivity index (χ3v) is 5.25. The van der Waals surface area contributed by atoms with E-state index in [0.29, 0.717) is 25.1 Å². The predicted octanol–water partition coefficient (Wildman–Crippen LogP) is 2.46. The van der Waals surface area contributed by atoms with Gasteiger partial charge in [0.25, 0.3) is 5.56 Å². The van der Waals surface area contributed by atoms with Crippen LogP contribution in [0.25, 0.3) is 0 Å². The molecule has 1 aromatic carbocycles. The summed E-state index contributed by atoms with van der Waals surface area (Å²) in [6.07, 6.45) is 2.71. The van der Waals surface area contributed by atoms with Gasteiger partial charge in [-0.1, -0.05) is 15.9 Å². The second-order valence-corrected chi connectivity index (χ2v) is 7.66. The van der Waals surface area contributed by atoms with Crippen molar-refractivity contribution in [3.05, 3.63) is 43.6 Å². The third kappa shape index (κ3) is 3.14. The van der Waals surface area contributed by atoms with Crippen LogP contribution in [0.4, 0.5) is 17.5 Å². The number of benzene rings is 1. The lowest BCUT2D eigenvalue weighted by Gasteiger charge is -2.27. The first-order valence-electron chi connectivity index (χ1n) is 8.53. The van der Waals surface area contributed by atoms with Crippen LogP contribution in [0.15, 0.2) is 26.4 Å². The molecular formula is C18H20BrN5O2. The molecule has 26 heavy (non-hydrogen) atoms. The zero-order valence-electron chi connectivity index (χ0n) is 14.6. The largest absolute Gasteiger partial charge is 0.383 e. The standard InChI is InChI=1S/C18H20BrN5O2/c1-9-5-11(19)6-10(2)15(9)21-8-12-16(20)22-18(23-17(12)25)24-3-4-26-14-7-13(14)24/h5-6,8,13-14H,3-4,7H2,1-2H3,(H3,20,22,23,25). The van der Waals surface area contributed by atoms with E-state index < -0.39 is 0 Å². The van der Waals surface area contributed by atoms with E-state index in [1.54, 1.807) is 0 Å². The molecule has 4 rings (SSSR count). The van der Waals surface area contributed by atoms with Gasteiger partial charge in [-0.3, -0.25) is 14.8 Å². The van der Waals surface area contributed by atoms with E-state index >= 15 is 0 Å². The maximum absolute atomic E-state index is 12.5. The number of hydrogen-bond acceptors (Lipinski definition) is 6. The number of nitrogens with zero attached hydrogens (tertiary/aromatic N) is 3. The number of nitrogens with one attached hydrogen (secondary N) is 1. The fourth-order valence-corrected chi connectivity index (χ4v) is 4.07. The minimum absolute atomic E-state index is 0.184. The fraction of sp³-hybridized carbons (Fsp3) is 0.389. The zero-order valence-corrected chi connectivity index (χ0v) is 16.2. The number of nitrogens with two attached hydrogens (primary N) is 1. The summed E-state index contributed by atoms with van der Waals surface area (Å²) in [7, 11) is 0. The molecule has 1 saturated carbocycles. The summed E-state index contributed by atoms with van der Waals surface area (Å²) in [5, 5.41) is 0. The molecule has 1 aliphatic carbocycles. The first-order chi connectivity index (χ1) is 12.4. The molecule has 0 bridgehead atoms. The average Bonchev–Trinajstić information content (AvgIpc) is 3.35. The molecule has 1 saturated heterocycles. The van der Waals surface area contributed by atoms with Gasteiger partial charge in [-0.15, -0.1) is 0 Å². The van der Waals surface area contributed by atoms with Gasteiger partial charge >= 0.3 is 0 Å². The molecule has 3 N–H and O–H groups in total. The van der Waals surface area contributed by atoms with Crippen molar-refractivity contribution in [3.63, 3.8) is 0 Å². The number of aromatic amines is 1. The van der Waals surface area contributed by atoms with E-state index in [1.807, 2.05) is 26.0 Å². The molecule has 2 fully saturated rings. The molecule has 136 valence electrons. The van der Waals surface area contributed by atoms with Gasteiger partial charge < -0.3 is 15.4 Å². The van der Waals surface area contributed by atoms with Crippen molar-refractivity contribution >= 4 is 39.6 Å². The van der Waals surface area contributed by atoms with Crippen molar-refractivity contribution in [1.82, 2.24) is 9.97 Å². The number of nitrogen functional groups attached to an aromatic ring is 1. The van der Waals surface area contributed by atoms with Crippen molar-refractivity contribution in [2.45, 2.75) is 32.4 Å². The molecule has 2 heterocycles. The van der Waals surface area contributed by atoms with E-state index in [9.17, 15) is 4.79 Å². The molecule has 7 nitrogen and oxygen atoms in total. The number of H-pyrrole nitrogens is 1. The molecule has 0 spiro atoms. The van der Waals surface area contributed by atoms with Crippen LogP contribution >= 0.6 is 15.9 Å². The van der Waals surface area contributed by atoms with Gasteiger partial charge in [-0.2, -0.15) is 4.98 Å². The molecule has 2 aliphatic rings. The van der Waals surface area contributed by atoms with Crippen LogP contribution in [0, 0.1) is 13.8 Å². The first kappa shape index (κ1) is 17.2. The Hall–Kier alpha value is -2.19. The van der Waals surface area contributed by atoms with Gasteiger partial charge in [0.05, 0.1) is 24.4 Å². The lowest BCUT2D eigenvalue weighted by atomic mass is 10.1. The molecule has 1 aromatic heterocycles. The monoisotopic (exact) mass is 417 g/mol. The third-order valence-electron chi connectivity index (χ3n) is 4.79. The second kappa shape index (κ2) is 6.51. The number of hydrogen-bond donors (Lipinski definition) is 2. The summed E-state index contributed by atoms with van der Waals surface area (Å²) in [5.41, 5.74) is 8.91. The summed E-state index contributed by atoms with van der Waals surface area (Å²) in [6, 6.07) is 4.26. The number of anilines is 2. The van der Waals surface area contributed by atoms with Crippen LogP contribution in [-0.4, -0.2) is 41.5 Å². The van der Waals surface area contributed by atoms with Crippen molar-refractivity contribution in [3.8, 4) is 0 Å². The van der Waals surface area contributed by atoms with E-state index in [2.05, 4.69) is 35.8 Å². The van der Waals surface area contributed by atoms with Crippen LogP contribution in [0.1, 0.15) is 23.1 Å². The maximum Gasteiger partial charge on any atom is 0.263 e. The molecule has 0 amide bonds. The Morgan fingerprint density at radius 3 is 2.85 bits per heavy atom. The molecule has 2 aromatic rings. The molecule has 0 radical (unpaired) electrons. The van der Waals surface area contributed by atoms with Crippen LogP contribution in [0.3, 0.4) is 0 Å². The van der Waals surface area contributed by atoms with Gasteiger partial charge in [0.2, 0.25) is 5.95 Å². The molecule has 2 atom stereocenters. The highest BCUT2D eigenvalue weighted by Crippen LogP contribution is 2.36. The Kier molecular flexibility index (Phi) is 4.32. The zero-order chi connectivity index (χ0) is 18.4. The Labute approximate surface area is 159 Å². The number of halogens is 1. The van der Waals surface area contributed by atoms with Crippen molar-refractivity contribution in [2.75, 3.05) is 23.8 Å². The number of ether oxygens (including phenoxy) is 1. The molecule has 8 heteroatoms. The predicted molar refractivity (Wildman–Crippen MR) is 106 cm³/mol. The number of aryl methyl sites for hydroxylation is 2. The van der Waals surface area contributed by atoms with Crippen molar-refractivity contribution in [2.24, 2.45) is 4.99 Å². The second-order valence-electron chi connectivity index (χ2n) is 6.74. The number of rotatable bonds is 3. The molecular weight excluding hydrogens is 398 g/mol. The molecule has 2 unspecified atom stereocenters. The highest BCUT2D eigenvalue weighted by molar-refractivity contribution is 9.10. The lowest BCUT2D eigenvalue weighted by molar-refractivity contribution is 0.102. The number of morpholine rings is 1. The Morgan fingerprint density at radius 1 is 1.42 bits per heavy atom. The van der Waals surface area contributed by atoms with Crippen molar-refractivity contribution in [1.29, 1.82) is 0 Å². The number of aromatic nitrogens is 2. The normalized spacial score (nSPS) is 21.9. The summed E-state index contributed by atoms with van der Waals surface area (Å²) < 4.78 is 6.59. The van der Waals surface area contributed by atoms with Crippen molar-refractivity contribution < 1.29 is 4.74 Å². The topological polar surface area (TPSA) is 96.6 Å². The minimum Gasteiger partial charge on any atom is -0.383 e. The SMILES string of the molecule is Cc1cc(Br)cc(C)c1N=Cc1c(N)nc(N2CCOC3CC32)[nH]c1=O. The van der Waals surface area contributed by atoms with E-state index in [-0.39, 0.29) is 23.0 Å². The highest BCUT2D eigenvalue weighted by Gasteiger charge is 2.46. The van der Waals surface area contributed by atoms with E-state index in [4.69, 9.17) is 10.5 Å². The van der Waals surface area contributed by atoms with Gasteiger partial charge in [0, 0.05) is 17.2 Å². The van der Waals surface area contributed by atoms with Gasteiger partial charge in [0.1, 0.15) is 11.4 Å². The van der Waals surface area contributed by atoms with Gasteiger partial charge in [-0.05, 0) is 43.5 Å². The first-order valence-corrected chi connectivity index (χ1v) is 9.32. The summed E-state index contributed by atoms with van der Waals surface area (Å²) in [5.74, 6) is 0.695. The Morgan fingerprint density at radius 2 is 2.15 bits per heavy atom. The van der Waals surface area contributed by atoms with Crippen LogP contribution < -0.4 is 16.2 Å². The highest BCUT2D eigenvalue weighted by atomic mass is 79.9. The van der Waals surface area contributed by atoms with Gasteiger partial charge in [0.15, 0.2) is 0 Å². The lowest BCUT2D eigenvalue weighted by Crippen LogP contribution is -2.39. The average molecular weight is 418 g/mol. The Bertz CT molecular complexity index is 932.